The largest absolute Gasteiger partial charge is 0.292 e. The molecule has 0 bridgehead atoms. The van der Waals surface area contributed by atoms with E-state index in [0.29, 0.717) is 22.3 Å². The second-order valence-electron chi connectivity index (χ2n) is 17.6. The second-order valence-corrected chi connectivity index (χ2v) is 17.6. The molecule has 0 radical (unpaired) electrons. The van der Waals surface area contributed by atoms with Gasteiger partial charge in [-0.3, -0.25) is 13.5 Å². The van der Waals surface area contributed by atoms with Gasteiger partial charge in [0.05, 0.1) is 44.4 Å². The van der Waals surface area contributed by atoms with E-state index in [1.807, 2.05) is 103 Å². The molecule has 4 heterocycles. The minimum atomic E-state index is -0.441. The molecular weight excluding hydrogens is 862 g/mol. The Balaban J connectivity index is 0.971. The van der Waals surface area contributed by atoms with Gasteiger partial charge < -0.3 is 0 Å². The number of imidazole rings is 3. The summed E-state index contributed by atoms with van der Waals surface area (Å²) < 4.78 is 23.9. The molecule has 14 aromatic rings. The van der Waals surface area contributed by atoms with Gasteiger partial charge in [-0.1, -0.05) is 170 Å². The van der Waals surface area contributed by atoms with Crippen LogP contribution in [0.1, 0.15) is 0 Å². The zero-order chi connectivity index (χ0) is 46.3. The highest BCUT2D eigenvalue weighted by molar-refractivity contribution is 6.16. The van der Waals surface area contributed by atoms with Crippen LogP contribution in [0.5, 0.6) is 0 Å². The van der Waals surface area contributed by atoms with Gasteiger partial charge >= 0.3 is 0 Å². The van der Waals surface area contributed by atoms with Crippen LogP contribution in [0.2, 0.25) is 0 Å². The minimum Gasteiger partial charge on any atom is -0.292 e. The normalized spacial score (nSPS) is 11.8. The summed E-state index contributed by atoms with van der Waals surface area (Å²) in [7, 11) is 0. The smallest absolute Gasteiger partial charge is 0.237 e. The number of hydrogen-bond donors (Lipinski definition) is 0. The average molecular weight is 900 g/mol. The van der Waals surface area contributed by atoms with E-state index in [1.165, 1.54) is 0 Å². The van der Waals surface area contributed by atoms with Crippen molar-refractivity contribution >= 4 is 60.3 Å². The van der Waals surface area contributed by atoms with E-state index in [1.54, 1.807) is 4.40 Å². The molecule has 0 aliphatic carbocycles. The van der Waals surface area contributed by atoms with Crippen LogP contribution in [-0.4, -0.2) is 33.5 Å². The van der Waals surface area contributed by atoms with Crippen LogP contribution in [0.4, 0.5) is 4.39 Å². The van der Waals surface area contributed by atoms with Gasteiger partial charge in [-0.2, -0.15) is 4.39 Å². The molecule has 0 aliphatic rings. The Morgan fingerprint density at radius 3 is 1.49 bits per heavy atom. The van der Waals surface area contributed by atoms with Crippen molar-refractivity contribution in [3.05, 3.63) is 236 Å². The van der Waals surface area contributed by atoms with Crippen molar-refractivity contribution in [1.29, 1.82) is 0 Å². The Hall–Kier alpha value is -9.53. The summed E-state index contributed by atoms with van der Waals surface area (Å²) in [6.45, 7) is 0. The molecule has 0 spiro atoms. The molecule has 0 unspecified atom stereocenters. The monoisotopic (exact) mass is 899 g/mol. The maximum atomic E-state index is 18.0. The quantitative estimate of drug-likeness (QED) is 0.118. The molecule has 328 valence electrons. The fraction of sp³-hybridized carbons (Fsp3) is 0. The van der Waals surface area contributed by atoms with Crippen LogP contribution in [-0.2, 0) is 0 Å². The first-order valence-electron chi connectivity index (χ1n) is 23.3. The summed E-state index contributed by atoms with van der Waals surface area (Å²) >= 11 is 0. The van der Waals surface area contributed by atoms with Crippen LogP contribution in [0, 0.1) is 5.95 Å². The van der Waals surface area contributed by atoms with E-state index in [2.05, 4.69) is 137 Å². The van der Waals surface area contributed by atoms with Gasteiger partial charge in [0.1, 0.15) is 11.6 Å². The zero-order valence-corrected chi connectivity index (χ0v) is 37.4. The molecule has 7 nitrogen and oxygen atoms in total. The Morgan fingerprint density at radius 1 is 0.357 bits per heavy atom. The number of benzene rings is 10. The lowest BCUT2D eigenvalue weighted by atomic mass is 9.92. The summed E-state index contributed by atoms with van der Waals surface area (Å²) in [6.07, 6.45) is 0. The lowest BCUT2D eigenvalue weighted by Gasteiger charge is -2.14. The number of hydrogen-bond acceptors (Lipinski definition) is 4. The molecule has 10 aromatic carbocycles. The van der Waals surface area contributed by atoms with Crippen molar-refractivity contribution in [3.63, 3.8) is 0 Å². The van der Waals surface area contributed by atoms with E-state index < -0.39 is 5.95 Å². The number of rotatable bonds is 7. The van der Waals surface area contributed by atoms with Crippen LogP contribution >= 0.6 is 0 Å². The third kappa shape index (κ3) is 6.20. The van der Waals surface area contributed by atoms with Crippen molar-refractivity contribution < 1.29 is 4.39 Å². The van der Waals surface area contributed by atoms with Crippen molar-refractivity contribution in [2.45, 2.75) is 0 Å². The first-order chi connectivity index (χ1) is 34.6. The molecule has 0 saturated heterocycles. The van der Waals surface area contributed by atoms with Gasteiger partial charge in [-0.25, -0.2) is 19.9 Å². The molecule has 4 aromatic heterocycles. The van der Waals surface area contributed by atoms with Gasteiger partial charge in [0.15, 0.2) is 0 Å². The summed E-state index contributed by atoms with van der Waals surface area (Å²) in [5.41, 5.74) is 12.9. The lowest BCUT2D eigenvalue weighted by Crippen LogP contribution is -2.01. The van der Waals surface area contributed by atoms with Gasteiger partial charge in [-0.05, 0) is 87.8 Å². The van der Waals surface area contributed by atoms with E-state index in [9.17, 15) is 0 Å². The predicted octanol–water partition coefficient (Wildman–Crippen LogP) is 15.3. The van der Waals surface area contributed by atoms with Crippen molar-refractivity contribution in [2.75, 3.05) is 0 Å². The third-order valence-corrected chi connectivity index (χ3v) is 13.6. The number of nitrogens with zero attached hydrogens (tertiary/aromatic N) is 7. The third-order valence-electron chi connectivity index (χ3n) is 13.6. The van der Waals surface area contributed by atoms with Crippen molar-refractivity contribution in [2.24, 2.45) is 0 Å². The molecule has 0 amide bonds. The number of aromatic nitrogens is 7. The Morgan fingerprint density at radius 2 is 0.857 bits per heavy atom. The van der Waals surface area contributed by atoms with E-state index in [4.69, 9.17) is 19.9 Å². The molecule has 0 fully saturated rings. The van der Waals surface area contributed by atoms with Crippen LogP contribution in [0.25, 0.3) is 128 Å². The average Bonchev–Trinajstić information content (AvgIpc) is 4.14. The summed E-state index contributed by atoms with van der Waals surface area (Å²) in [4.78, 5) is 20.8. The zero-order valence-electron chi connectivity index (χ0n) is 37.4. The first-order valence-corrected chi connectivity index (χ1v) is 23.3. The van der Waals surface area contributed by atoms with Crippen LogP contribution in [0.15, 0.2) is 231 Å². The number of halogens is 1. The fourth-order valence-corrected chi connectivity index (χ4v) is 10.4. The molecule has 0 N–H and O–H groups in total. The van der Waals surface area contributed by atoms with Crippen molar-refractivity contribution in [3.8, 4) is 67.8 Å². The summed E-state index contributed by atoms with van der Waals surface area (Å²) in [6, 6.07) is 78.1. The van der Waals surface area contributed by atoms with E-state index in [0.717, 1.165) is 100 Å². The van der Waals surface area contributed by atoms with Crippen molar-refractivity contribution in [1.82, 2.24) is 33.5 Å². The molecular formula is C62H38FN7. The highest BCUT2D eigenvalue weighted by Gasteiger charge is 2.25. The standard InChI is InChI=1S/C62H38FN7/c63-59-50-25-15-24-49(51-38-43-16-7-8-21-46(43)47-22-9-10-23-48(47)51)57(50)67-62-66-56(39-30-34-41(35-31-39)60-64-52-26-11-13-28-54(52)68(60)44-17-3-1-4-18-44)58(70(59)62)40-32-36-42(37-33-40)61-65-53-27-12-14-29-55(53)69(61)45-19-5-2-6-20-45/h1-38H. The molecule has 8 heteroatoms. The molecule has 0 aliphatic heterocycles. The maximum Gasteiger partial charge on any atom is 0.237 e. The SMILES string of the molecule is Fc1c2cccc(-c3cc4ccccc4c4ccccc34)c2nc2nc(-c3ccc(-c4nc5ccccc5n4-c4ccccc4)cc3)c(-c3ccc(-c4nc5ccccc5n4-c4ccccc4)cc3)n12. The highest BCUT2D eigenvalue weighted by Crippen LogP contribution is 2.41. The predicted molar refractivity (Wildman–Crippen MR) is 282 cm³/mol. The second kappa shape index (κ2) is 15.8. The fourth-order valence-electron chi connectivity index (χ4n) is 10.4. The summed E-state index contributed by atoms with van der Waals surface area (Å²) in [5.74, 6) is 1.45. The van der Waals surface area contributed by atoms with Gasteiger partial charge in [0.25, 0.3) is 0 Å². The molecule has 0 atom stereocenters. The first kappa shape index (κ1) is 39.6. The van der Waals surface area contributed by atoms with E-state index in [-0.39, 0.29) is 5.78 Å². The maximum absolute atomic E-state index is 18.0. The van der Waals surface area contributed by atoms with Crippen LogP contribution in [0.3, 0.4) is 0 Å². The topological polar surface area (TPSA) is 65.8 Å². The van der Waals surface area contributed by atoms with Gasteiger partial charge in [0, 0.05) is 39.2 Å². The minimum absolute atomic E-state index is 0.262. The Kier molecular flexibility index (Phi) is 8.94. The van der Waals surface area contributed by atoms with Crippen LogP contribution < -0.4 is 0 Å². The van der Waals surface area contributed by atoms with Gasteiger partial charge in [0.2, 0.25) is 11.7 Å². The molecule has 70 heavy (non-hydrogen) atoms. The Labute approximate surface area is 400 Å². The molecule has 14 rings (SSSR count). The number of fused-ring (bicyclic) bond motifs is 7. The number of para-hydroxylation sites is 7. The summed E-state index contributed by atoms with van der Waals surface area (Å²) in [5, 5.41) is 4.87. The lowest BCUT2D eigenvalue weighted by molar-refractivity contribution is 0.580. The Bertz CT molecular complexity index is 4340. The van der Waals surface area contributed by atoms with Gasteiger partial charge in [-0.15, -0.1) is 0 Å². The highest BCUT2D eigenvalue weighted by atomic mass is 19.1. The van der Waals surface area contributed by atoms with E-state index >= 15 is 4.39 Å². The molecule has 0 saturated carbocycles.